The van der Waals surface area contributed by atoms with Crippen molar-refractivity contribution >= 4 is 16.7 Å². The van der Waals surface area contributed by atoms with Crippen molar-refractivity contribution in [2.75, 3.05) is 38.3 Å². The molecule has 0 atom stereocenters. The number of aryl methyl sites for hydroxylation is 1. The number of H-pyrrole nitrogens is 1. The first-order chi connectivity index (χ1) is 14.7. The third-order valence-electron chi connectivity index (χ3n) is 6.41. The predicted octanol–water partition coefficient (Wildman–Crippen LogP) is 4.07. The average molecular weight is 408 g/mol. The van der Waals surface area contributed by atoms with Gasteiger partial charge in [0.05, 0.1) is 6.61 Å². The normalized spacial score (nSPS) is 16.3. The Balaban J connectivity index is 1.26. The second-order valence-electron chi connectivity index (χ2n) is 8.52. The molecule has 3 heterocycles. The Hall–Kier alpha value is -2.44. The highest BCUT2D eigenvalue weighted by atomic mass is 16.5. The second kappa shape index (κ2) is 9.58. The fourth-order valence-corrected chi connectivity index (χ4v) is 4.69. The first kappa shape index (κ1) is 20.8. The summed E-state index contributed by atoms with van der Waals surface area (Å²) >= 11 is 0. The van der Waals surface area contributed by atoms with Gasteiger partial charge in [0.25, 0.3) is 0 Å². The molecule has 3 aromatic rings. The Morgan fingerprint density at radius 3 is 2.83 bits per heavy atom. The number of rotatable bonds is 9. The fourth-order valence-electron chi connectivity index (χ4n) is 4.69. The summed E-state index contributed by atoms with van der Waals surface area (Å²) in [6.07, 6.45) is 8.62. The van der Waals surface area contributed by atoms with Crippen molar-refractivity contribution in [1.82, 2.24) is 20.3 Å². The average Bonchev–Trinajstić information content (AvgIpc) is 3.17. The third-order valence-corrected chi connectivity index (χ3v) is 6.41. The van der Waals surface area contributed by atoms with Crippen molar-refractivity contribution in [3.05, 3.63) is 54.1 Å². The zero-order valence-electron chi connectivity index (χ0n) is 18.2. The number of hydrogen-bond donors (Lipinski definition) is 2. The number of anilines is 1. The summed E-state index contributed by atoms with van der Waals surface area (Å²) < 4.78 is 5.64. The molecule has 0 unspecified atom stereocenters. The largest absolute Gasteiger partial charge is 0.384 e. The van der Waals surface area contributed by atoms with Gasteiger partial charge in [-0.1, -0.05) is 18.2 Å². The lowest BCUT2D eigenvalue weighted by Gasteiger charge is -2.42. The zero-order chi connectivity index (χ0) is 20.8. The van der Waals surface area contributed by atoms with Crippen LogP contribution in [-0.2, 0) is 11.3 Å². The topological polar surface area (TPSA) is 66.1 Å². The number of methoxy groups -OCH3 is 1. The summed E-state index contributed by atoms with van der Waals surface area (Å²) in [6, 6.07) is 10.5. The summed E-state index contributed by atoms with van der Waals surface area (Å²) in [5, 5.41) is 4.94. The van der Waals surface area contributed by atoms with E-state index in [0.29, 0.717) is 0 Å². The van der Waals surface area contributed by atoms with E-state index in [0.717, 1.165) is 57.3 Å². The lowest BCUT2D eigenvalue weighted by molar-refractivity contribution is 0.0503. The molecule has 1 saturated heterocycles. The lowest BCUT2D eigenvalue weighted by Crippen LogP contribution is -2.43. The first-order valence-electron chi connectivity index (χ1n) is 11.0. The van der Waals surface area contributed by atoms with Gasteiger partial charge < -0.3 is 19.9 Å². The smallest absolute Gasteiger partial charge is 0.132 e. The van der Waals surface area contributed by atoms with Crippen molar-refractivity contribution in [1.29, 1.82) is 0 Å². The molecule has 4 rings (SSSR count). The molecule has 0 saturated carbocycles. The number of nitrogens with one attached hydrogen (secondary N) is 2. The molecule has 6 heteroatoms. The van der Waals surface area contributed by atoms with E-state index in [1.165, 1.54) is 29.3 Å². The van der Waals surface area contributed by atoms with Crippen LogP contribution in [0.15, 0.2) is 42.7 Å². The molecular formula is C24H33N5O. The molecule has 1 aromatic carbocycles. The van der Waals surface area contributed by atoms with E-state index in [-0.39, 0.29) is 5.41 Å². The number of aromatic amines is 1. The van der Waals surface area contributed by atoms with Gasteiger partial charge in [0.1, 0.15) is 11.6 Å². The Morgan fingerprint density at radius 2 is 2.03 bits per heavy atom. The molecule has 0 aliphatic carbocycles. The number of aromatic nitrogens is 3. The molecular weight excluding hydrogens is 374 g/mol. The van der Waals surface area contributed by atoms with Gasteiger partial charge in [0, 0.05) is 50.0 Å². The van der Waals surface area contributed by atoms with Crippen molar-refractivity contribution in [3.63, 3.8) is 0 Å². The van der Waals surface area contributed by atoms with Crippen molar-refractivity contribution in [2.45, 2.75) is 39.2 Å². The number of hydrogen-bond acceptors (Lipinski definition) is 5. The molecule has 1 aliphatic rings. The molecule has 0 bridgehead atoms. The van der Waals surface area contributed by atoms with Gasteiger partial charge in [-0.3, -0.25) is 0 Å². The highest BCUT2D eigenvalue weighted by Gasteiger charge is 2.34. The van der Waals surface area contributed by atoms with E-state index in [2.05, 4.69) is 55.6 Å². The van der Waals surface area contributed by atoms with Gasteiger partial charge in [-0.05, 0) is 62.3 Å². The highest BCUT2D eigenvalue weighted by Crippen LogP contribution is 2.37. The standard InChI is InChI=1S/C24H33N5O/c1-19-26-13-8-23(28-19)29-14-10-24(11-15-29,18-30-2)9-5-12-25-16-20-17-27-22-7-4-3-6-21(20)22/h3-4,6-8,13,17,25,27H,5,9-12,14-16,18H2,1-2H3. The Kier molecular flexibility index (Phi) is 6.65. The number of ether oxygens (including phenoxy) is 1. The monoisotopic (exact) mass is 407 g/mol. The number of piperidine rings is 1. The lowest BCUT2D eigenvalue weighted by atomic mass is 9.75. The van der Waals surface area contributed by atoms with Crippen LogP contribution >= 0.6 is 0 Å². The number of fused-ring (bicyclic) bond motifs is 1. The van der Waals surface area contributed by atoms with E-state index < -0.39 is 0 Å². The quantitative estimate of drug-likeness (QED) is 0.524. The molecule has 6 nitrogen and oxygen atoms in total. The van der Waals surface area contributed by atoms with Crippen LogP contribution in [0.25, 0.3) is 10.9 Å². The number of nitrogens with zero attached hydrogens (tertiary/aromatic N) is 3. The first-order valence-corrected chi connectivity index (χ1v) is 11.0. The Bertz CT molecular complexity index is 945. The Morgan fingerprint density at radius 1 is 1.20 bits per heavy atom. The molecule has 0 spiro atoms. The minimum atomic E-state index is 0.274. The van der Waals surface area contributed by atoms with Crippen molar-refractivity contribution in [3.8, 4) is 0 Å². The number of para-hydroxylation sites is 1. The van der Waals surface area contributed by atoms with Crippen LogP contribution in [0.1, 0.15) is 37.1 Å². The van der Waals surface area contributed by atoms with E-state index in [1.54, 1.807) is 0 Å². The van der Waals surface area contributed by atoms with Crippen molar-refractivity contribution in [2.24, 2.45) is 5.41 Å². The molecule has 1 aliphatic heterocycles. The van der Waals surface area contributed by atoms with Gasteiger partial charge >= 0.3 is 0 Å². The van der Waals surface area contributed by atoms with Crippen LogP contribution < -0.4 is 10.2 Å². The molecule has 2 N–H and O–H groups in total. The zero-order valence-corrected chi connectivity index (χ0v) is 18.2. The third kappa shape index (κ3) is 4.82. The van der Waals surface area contributed by atoms with Crippen LogP contribution in [0, 0.1) is 12.3 Å². The van der Waals surface area contributed by atoms with E-state index in [9.17, 15) is 0 Å². The van der Waals surface area contributed by atoms with Gasteiger partial charge in [0.15, 0.2) is 0 Å². The van der Waals surface area contributed by atoms with E-state index >= 15 is 0 Å². The van der Waals surface area contributed by atoms with Gasteiger partial charge in [-0.15, -0.1) is 0 Å². The summed E-state index contributed by atoms with van der Waals surface area (Å²) in [6.45, 7) is 6.78. The molecule has 160 valence electrons. The molecule has 0 amide bonds. The van der Waals surface area contributed by atoms with Crippen LogP contribution in [0.4, 0.5) is 5.82 Å². The summed E-state index contributed by atoms with van der Waals surface area (Å²) in [5.74, 6) is 1.89. The maximum Gasteiger partial charge on any atom is 0.132 e. The second-order valence-corrected chi connectivity index (χ2v) is 8.52. The predicted molar refractivity (Wildman–Crippen MR) is 122 cm³/mol. The van der Waals surface area contributed by atoms with E-state index in [4.69, 9.17) is 4.74 Å². The van der Waals surface area contributed by atoms with E-state index in [1.807, 2.05) is 26.3 Å². The molecule has 1 fully saturated rings. The van der Waals surface area contributed by atoms with Gasteiger partial charge in [-0.25, -0.2) is 9.97 Å². The fraction of sp³-hybridized carbons (Fsp3) is 0.500. The van der Waals surface area contributed by atoms with Crippen molar-refractivity contribution < 1.29 is 4.74 Å². The van der Waals surface area contributed by atoms with Crippen LogP contribution in [0.2, 0.25) is 0 Å². The molecule has 0 radical (unpaired) electrons. The maximum absolute atomic E-state index is 5.64. The Labute approximate surface area is 179 Å². The molecule has 30 heavy (non-hydrogen) atoms. The van der Waals surface area contributed by atoms with Crippen LogP contribution in [0.5, 0.6) is 0 Å². The molecule has 2 aromatic heterocycles. The van der Waals surface area contributed by atoms with Crippen LogP contribution in [-0.4, -0.2) is 48.3 Å². The SMILES string of the molecule is COCC1(CCCNCc2c[nH]c3ccccc23)CCN(c2ccnc(C)n2)CC1. The summed E-state index contributed by atoms with van der Waals surface area (Å²) in [7, 11) is 1.83. The summed E-state index contributed by atoms with van der Waals surface area (Å²) in [5.41, 5.74) is 2.82. The van der Waals surface area contributed by atoms with Gasteiger partial charge in [0.2, 0.25) is 0 Å². The highest BCUT2D eigenvalue weighted by molar-refractivity contribution is 5.82. The minimum absolute atomic E-state index is 0.274. The van der Waals surface area contributed by atoms with Gasteiger partial charge in [-0.2, -0.15) is 0 Å². The van der Waals surface area contributed by atoms with Crippen LogP contribution in [0.3, 0.4) is 0 Å². The number of benzene rings is 1. The summed E-state index contributed by atoms with van der Waals surface area (Å²) in [4.78, 5) is 14.6. The maximum atomic E-state index is 5.64. The minimum Gasteiger partial charge on any atom is -0.384 e.